The third-order valence-electron chi connectivity index (χ3n) is 2.85. The molecule has 0 radical (unpaired) electrons. The number of ether oxygens (including phenoxy) is 1. The van der Waals surface area contributed by atoms with E-state index in [4.69, 9.17) is 4.74 Å². The summed E-state index contributed by atoms with van der Waals surface area (Å²) in [6.45, 7) is 1.89. The first-order valence-corrected chi connectivity index (χ1v) is 6.21. The third-order valence-corrected chi connectivity index (χ3v) is 2.85. The Morgan fingerprint density at radius 1 is 1.35 bits per heavy atom. The van der Waals surface area contributed by atoms with E-state index in [0.29, 0.717) is 11.3 Å². The van der Waals surface area contributed by atoms with Gasteiger partial charge in [0.05, 0.1) is 20.2 Å². The van der Waals surface area contributed by atoms with Crippen molar-refractivity contribution in [3.05, 3.63) is 29.8 Å². The summed E-state index contributed by atoms with van der Waals surface area (Å²) < 4.78 is 42.4. The molecule has 1 aromatic rings. The molecule has 0 bridgehead atoms. The Labute approximate surface area is 116 Å². The highest BCUT2D eigenvalue weighted by atomic mass is 19.4. The van der Waals surface area contributed by atoms with Crippen molar-refractivity contribution in [2.24, 2.45) is 0 Å². The maximum atomic E-state index is 12.5. The van der Waals surface area contributed by atoms with E-state index in [0.717, 1.165) is 4.90 Å². The quantitative estimate of drug-likeness (QED) is 0.753. The summed E-state index contributed by atoms with van der Waals surface area (Å²) in [6.07, 6.45) is -4.32. The second-order valence-corrected chi connectivity index (χ2v) is 4.77. The summed E-state index contributed by atoms with van der Waals surface area (Å²) >= 11 is 0. The molecule has 0 amide bonds. The largest absolute Gasteiger partial charge is 0.497 e. The smallest absolute Gasteiger partial charge is 0.401 e. The van der Waals surface area contributed by atoms with Crippen LogP contribution >= 0.6 is 0 Å². The number of carbonyl (C=O) groups excluding carboxylic acids is 1. The minimum Gasteiger partial charge on any atom is -0.497 e. The van der Waals surface area contributed by atoms with Crippen molar-refractivity contribution >= 4 is 5.78 Å². The van der Waals surface area contributed by atoms with E-state index in [9.17, 15) is 18.0 Å². The Hall–Kier alpha value is -1.56. The third kappa shape index (κ3) is 5.21. The number of hydrogen-bond donors (Lipinski definition) is 0. The molecule has 0 heterocycles. The Morgan fingerprint density at radius 3 is 2.50 bits per heavy atom. The van der Waals surface area contributed by atoms with E-state index in [1.807, 2.05) is 0 Å². The topological polar surface area (TPSA) is 29.5 Å². The van der Waals surface area contributed by atoms with Gasteiger partial charge in [-0.3, -0.25) is 9.69 Å². The molecule has 0 aliphatic heterocycles. The molecular formula is C14H18F3NO2. The van der Waals surface area contributed by atoms with Gasteiger partial charge in [-0.25, -0.2) is 0 Å². The lowest BCUT2D eigenvalue weighted by Gasteiger charge is -2.26. The molecule has 0 aliphatic carbocycles. The minimum atomic E-state index is -4.32. The van der Waals surface area contributed by atoms with Gasteiger partial charge in [-0.15, -0.1) is 0 Å². The molecule has 1 rings (SSSR count). The summed E-state index contributed by atoms with van der Waals surface area (Å²) in [5.41, 5.74) is 0.345. The average molecular weight is 289 g/mol. The number of halogens is 3. The Morgan fingerprint density at radius 2 is 2.00 bits per heavy atom. The lowest BCUT2D eigenvalue weighted by atomic mass is 10.1. The summed E-state index contributed by atoms with van der Waals surface area (Å²) in [5.74, 6) is 0.143. The van der Waals surface area contributed by atoms with E-state index in [-0.39, 0.29) is 18.4 Å². The Bertz CT molecular complexity index is 458. The van der Waals surface area contributed by atoms with Crippen LogP contribution in [0.1, 0.15) is 24.2 Å². The molecule has 20 heavy (non-hydrogen) atoms. The molecular weight excluding hydrogens is 271 g/mol. The van der Waals surface area contributed by atoms with Gasteiger partial charge in [0.25, 0.3) is 0 Å². The molecule has 1 aromatic carbocycles. The minimum absolute atomic E-state index is 0.273. The van der Waals surface area contributed by atoms with E-state index in [2.05, 4.69) is 0 Å². The zero-order valence-electron chi connectivity index (χ0n) is 11.7. The molecule has 112 valence electrons. The Kier molecular flexibility index (Phi) is 5.56. The normalized spacial score (nSPS) is 12.0. The zero-order chi connectivity index (χ0) is 15.3. The predicted molar refractivity (Wildman–Crippen MR) is 70.1 cm³/mol. The van der Waals surface area contributed by atoms with Crippen molar-refractivity contribution in [2.45, 2.75) is 26.1 Å². The van der Waals surface area contributed by atoms with Crippen LogP contribution in [0.5, 0.6) is 5.75 Å². The van der Waals surface area contributed by atoms with Gasteiger partial charge in [0.1, 0.15) is 5.75 Å². The maximum Gasteiger partial charge on any atom is 0.401 e. The number of Topliss-reactive ketones (excluding diaryl/α,β-unsaturated/α-hetero) is 1. The van der Waals surface area contributed by atoms with Gasteiger partial charge in [0, 0.05) is 11.6 Å². The van der Waals surface area contributed by atoms with Crippen LogP contribution in [0.2, 0.25) is 0 Å². The number of alkyl halides is 3. The number of nitrogens with zero attached hydrogens (tertiary/aromatic N) is 1. The molecule has 0 spiro atoms. The standard InChI is InChI=1S/C14H18F3NO2/c1-10(2)18(9-14(15,16)17)8-13(19)11-5-4-6-12(7-11)20-3/h4-7,10H,8-9H2,1-3H3. The number of ketones is 1. The van der Waals surface area contributed by atoms with Crippen LogP contribution in [0.4, 0.5) is 13.2 Å². The van der Waals surface area contributed by atoms with Crippen LogP contribution in [0.15, 0.2) is 24.3 Å². The fourth-order valence-electron chi connectivity index (χ4n) is 1.72. The van der Waals surface area contributed by atoms with Crippen LogP contribution < -0.4 is 4.74 Å². The van der Waals surface area contributed by atoms with Crippen molar-refractivity contribution in [3.63, 3.8) is 0 Å². The second-order valence-electron chi connectivity index (χ2n) is 4.77. The van der Waals surface area contributed by atoms with Crippen molar-refractivity contribution in [1.82, 2.24) is 4.90 Å². The molecule has 0 N–H and O–H groups in total. The highest BCUT2D eigenvalue weighted by molar-refractivity contribution is 5.97. The lowest BCUT2D eigenvalue weighted by Crippen LogP contribution is -2.42. The van der Waals surface area contributed by atoms with Crippen molar-refractivity contribution < 1.29 is 22.7 Å². The molecule has 0 atom stereocenters. The van der Waals surface area contributed by atoms with Gasteiger partial charge >= 0.3 is 6.18 Å². The first kappa shape index (κ1) is 16.5. The van der Waals surface area contributed by atoms with E-state index < -0.39 is 12.7 Å². The number of benzene rings is 1. The lowest BCUT2D eigenvalue weighted by molar-refractivity contribution is -0.148. The van der Waals surface area contributed by atoms with Crippen LogP contribution in [0.25, 0.3) is 0 Å². The summed E-state index contributed by atoms with van der Waals surface area (Å²) in [4.78, 5) is 13.1. The predicted octanol–water partition coefficient (Wildman–Crippen LogP) is 3.15. The van der Waals surface area contributed by atoms with E-state index in [1.54, 1.807) is 32.0 Å². The molecule has 0 aliphatic rings. The molecule has 3 nitrogen and oxygen atoms in total. The highest BCUT2D eigenvalue weighted by Gasteiger charge is 2.32. The fourth-order valence-corrected chi connectivity index (χ4v) is 1.72. The number of carbonyl (C=O) groups is 1. The molecule has 0 saturated carbocycles. The van der Waals surface area contributed by atoms with E-state index >= 15 is 0 Å². The number of rotatable bonds is 6. The van der Waals surface area contributed by atoms with Crippen LogP contribution in [0.3, 0.4) is 0 Å². The molecule has 6 heteroatoms. The molecule has 0 unspecified atom stereocenters. The number of methoxy groups -OCH3 is 1. The highest BCUT2D eigenvalue weighted by Crippen LogP contribution is 2.19. The summed E-state index contributed by atoms with van der Waals surface area (Å²) in [7, 11) is 1.47. The SMILES string of the molecule is COc1cccc(C(=O)CN(CC(F)(F)F)C(C)C)c1. The average Bonchev–Trinajstić information content (AvgIpc) is 2.36. The van der Waals surface area contributed by atoms with Crippen LogP contribution in [0, 0.1) is 0 Å². The van der Waals surface area contributed by atoms with Gasteiger partial charge < -0.3 is 4.74 Å². The first-order chi connectivity index (χ1) is 9.23. The maximum absolute atomic E-state index is 12.5. The van der Waals surface area contributed by atoms with Gasteiger partial charge in [-0.05, 0) is 26.0 Å². The second kappa shape index (κ2) is 6.74. The summed E-state index contributed by atoms with van der Waals surface area (Å²) in [5, 5.41) is 0. The zero-order valence-corrected chi connectivity index (χ0v) is 11.7. The molecule has 0 aromatic heterocycles. The van der Waals surface area contributed by atoms with Gasteiger partial charge in [-0.2, -0.15) is 13.2 Å². The van der Waals surface area contributed by atoms with Gasteiger partial charge in [-0.1, -0.05) is 12.1 Å². The van der Waals surface area contributed by atoms with E-state index in [1.165, 1.54) is 13.2 Å². The number of hydrogen-bond acceptors (Lipinski definition) is 3. The molecule has 0 fully saturated rings. The van der Waals surface area contributed by atoms with Crippen LogP contribution in [-0.4, -0.2) is 43.1 Å². The fraction of sp³-hybridized carbons (Fsp3) is 0.500. The van der Waals surface area contributed by atoms with Crippen molar-refractivity contribution in [1.29, 1.82) is 0 Å². The van der Waals surface area contributed by atoms with Gasteiger partial charge in [0.2, 0.25) is 0 Å². The van der Waals surface area contributed by atoms with Gasteiger partial charge in [0.15, 0.2) is 5.78 Å². The first-order valence-electron chi connectivity index (χ1n) is 6.21. The van der Waals surface area contributed by atoms with Crippen molar-refractivity contribution in [3.8, 4) is 5.75 Å². The summed E-state index contributed by atoms with van der Waals surface area (Å²) in [6, 6.07) is 6.03. The Balaban J connectivity index is 2.80. The van der Waals surface area contributed by atoms with Crippen molar-refractivity contribution in [2.75, 3.05) is 20.2 Å². The molecule has 0 saturated heterocycles. The van der Waals surface area contributed by atoms with Crippen LogP contribution in [-0.2, 0) is 0 Å². The monoisotopic (exact) mass is 289 g/mol.